The van der Waals surface area contributed by atoms with Crippen molar-refractivity contribution in [2.45, 2.75) is 64.1 Å². The van der Waals surface area contributed by atoms with Crippen molar-refractivity contribution in [3.63, 3.8) is 0 Å². The molecule has 2 atom stereocenters. The number of rotatable bonds is 9. The molecule has 0 fully saturated rings. The first kappa shape index (κ1) is 22.9. The van der Waals surface area contributed by atoms with Crippen LogP contribution >= 0.6 is 0 Å². The summed E-state index contributed by atoms with van der Waals surface area (Å²) in [6.45, 7) is 12.2. The molecule has 146 valence electrons. The number of hydrogen-bond donors (Lipinski definition) is 1. The van der Waals surface area contributed by atoms with E-state index in [2.05, 4.69) is 45.7 Å². The Hall–Kier alpha value is -1.16. The van der Waals surface area contributed by atoms with Gasteiger partial charge in [0.1, 0.15) is 12.7 Å². The molecule has 2 unspecified atom stereocenters. The van der Waals surface area contributed by atoms with Crippen LogP contribution in [0.1, 0.15) is 32.8 Å². The van der Waals surface area contributed by atoms with E-state index in [-0.39, 0.29) is 5.04 Å². The Balaban J connectivity index is 2.72. The molecule has 0 saturated carbocycles. The molecule has 1 aromatic carbocycles. The highest BCUT2D eigenvalue weighted by Gasteiger charge is 2.38. The van der Waals surface area contributed by atoms with Gasteiger partial charge in [-0.3, -0.25) is 0 Å². The summed E-state index contributed by atoms with van der Waals surface area (Å²) in [5, 5.41) is 10.7. The molecule has 0 aromatic heterocycles. The van der Waals surface area contributed by atoms with Gasteiger partial charge in [-0.2, -0.15) is 0 Å². The Morgan fingerprint density at radius 2 is 1.77 bits per heavy atom. The van der Waals surface area contributed by atoms with E-state index >= 15 is 0 Å². The van der Waals surface area contributed by atoms with Crippen molar-refractivity contribution in [2.24, 2.45) is 0 Å². The molecule has 5 heteroatoms. The van der Waals surface area contributed by atoms with Gasteiger partial charge in [0.25, 0.3) is 0 Å². The molecule has 26 heavy (non-hydrogen) atoms. The average Bonchev–Trinajstić information content (AvgIpc) is 2.58. The molecule has 0 radical (unpaired) electrons. The minimum atomic E-state index is -1.91. The van der Waals surface area contributed by atoms with Crippen molar-refractivity contribution >= 4 is 8.32 Å². The molecule has 1 rings (SSSR count). The first-order valence-corrected chi connectivity index (χ1v) is 12.0. The zero-order chi connectivity index (χ0) is 19.6. The summed E-state index contributed by atoms with van der Waals surface area (Å²) in [4.78, 5) is 0. The van der Waals surface area contributed by atoms with E-state index in [1.807, 2.05) is 30.3 Å². The van der Waals surface area contributed by atoms with E-state index in [9.17, 15) is 5.11 Å². The molecule has 1 aromatic rings. The Morgan fingerprint density at radius 1 is 1.12 bits per heavy atom. The topological polar surface area (TPSA) is 47.9 Å². The zero-order valence-corrected chi connectivity index (χ0v) is 18.0. The summed E-state index contributed by atoms with van der Waals surface area (Å²) in [6.07, 6.45) is -0.780. The largest absolute Gasteiger partial charge is 0.414 e. The van der Waals surface area contributed by atoms with Crippen molar-refractivity contribution in [1.82, 2.24) is 0 Å². The lowest BCUT2D eigenvalue weighted by atomic mass is 10.1. The van der Waals surface area contributed by atoms with E-state index in [0.29, 0.717) is 26.2 Å². The fourth-order valence-corrected chi connectivity index (χ4v) is 3.00. The van der Waals surface area contributed by atoms with Crippen LogP contribution in [0.15, 0.2) is 30.3 Å². The van der Waals surface area contributed by atoms with Gasteiger partial charge in [0.05, 0.1) is 19.3 Å². The van der Waals surface area contributed by atoms with Crippen LogP contribution in [0.4, 0.5) is 0 Å². The summed E-state index contributed by atoms with van der Waals surface area (Å²) >= 11 is 0. The van der Waals surface area contributed by atoms with Crippen LogP contribution in [0.25, 0.3) is 0 Å². The van der Waals surface area contributed by atoms with Gasteiger partial charge in [-0.25, -0.2) is 0 Å². The average molecular weight is 379 g/mol. The number of benzene rings is 1. The molecule has 0 aliphatic rings. The second kappa shape index (κ2) is 10.9. The van der Waals surface area contributed by atoms with Gasteiger partial charge in [-0.15, -0.1) is 0 Å². The van der Waals surface area contributed by atoms with Crippen LogP contribution in [0.5, 0.6) is 0 Å². The van der Waals surface area contributed by atoms with E-state index in [1.54, 1.807) is 7.11 Å². The second-order valence-electron chi connectivity index (χ2n) is 7.96. The molecule has 0 saturated heterocycles. The van der Waals surface area contributed by atoms with Crippen LogP contribution in [0.3, 0.4) is 0 Å². The third kappa shape index (κ3) is 8.03. The van der Waals surface area contributed by atoms with Crippen LogP contribution < -0.4 is 0 Å². The van der Waals surface area contributed by atoms with Crippen molar-refractivity contribution in [1.29, 1.82) is 0 Å². The van der Waals surface area contributed by atoms with Gasteiger partial charge in [-0.05, 0) is 23.7 Å². The van der Waals surface area contributed by atoms with Crippen LogP contribution in [-0.2, 0) is 20.5 Å². The SMILES string of the molecule is COCC#CCC(O)C(CO[Si](C)(C)C(C)(C)C)OCc1ccccc1. The maximum Gasteiger partial charge on any atom is 0.192 e. The summed E-state index contributed by atoms with van der Waals surface area (Å²) in [6, 6.07) is 9.95. The highest BCUT2D eigenvalue weighted by atomic mass is 28.4. The first-order chi connectivity index (χ1) is 12.2. The third-order valence-corrected chi connectivity index (χ3v) is 9.30. The molecule has 0 aliphatic heterocycles. The predicted molar refractivity (Wildman–Crippen MR) is 108 cm³/mol. The van der Waals surface area contributed by atoms with E-state index in [1.165, 1.54) is 0 Å². The Kier molecular flexibility index (Phi) is 9.55. The normalized spacial score (nSPS) is 14.4. The first-order valence-electron chi connectivity index (χ1n) is 9.09. The van der Waals surface area contributed by atoms with Crippen molar-refractivity contribution in [3.05, 3.63) is 35.9 Å². The van der Waals surface area contributed by atoms with Gasteiger partial charge >= 0.3 is 0 Å². The summed E-state index contributed by atoms with van der Waals surface area (Å²) < 4.78 is 17.2. The molecule has 0 spiro atoms. The van der Waals surface area contributed by atoms with Crippen molar-refractivity contribution in [3.8, 4) is 11.8 Å². The smallest absolute Gasteiger partial charge is 0.192 e. The number of aliphatic hydroxyl groups excluding tert-OH is 1. The highest BCUT2D eigenvalue weighted by molar-refractivity contribution is 6.74. The molecule has 0 amide bonds. The fourth-order valence-electron chi connectivity index (χ4n) is 1.99. The minimum absolute atomic E-state index is 0.111. The Morgan fingerprint density at radius 3 is 2.35 bits per heavy atom. The summed E-state index contributed by atoms with van der Waals surface area (Å²) in [7, 11) is -0.312. The molecule has 1 N–H and O–H groups in total. The second-order valence-corrected chi connectivity index (χ2v) is 12.8. The molecule has 0 aliphatic carbocycles. The van der Waals surface area contributed by atoms with E-state index in [4.69, 9.17) is 13.9 Å². The lowest BCUT2D eigenvalue weighted by Gasteiger charge is -2.37. The van der Waals surface area contributed by atoms with Gasteiger partial charge in [0, 0.05) is 13.5 Å². The van der Waals surface area contributed by atoms with Crippen molar-refractivity contribution in [2.75, 3.05) is 20.3 Å². The number of aliphatic hydroxyl groups is 1. The summed E-state index contributed by atoms with van der Waals surface area (Å²) in [5.74, 6) is 5.81. The fraction of sp³-hybridized carbons (Fsp3) is 0.619. The lowest BCUT2D eigenvalue weighted by molar-refractivity contribution is -0.0659. The number of methoxy groups -OCH3 is 1. The van der Waals surface area contributed by atoms with Crippen LogP contribution in [0, 0.1) is 11.8 Å². The number of hydrogen-bond acceptors (Lipinski definition) is 4. The van der Waals surface area contributed by atoms with E-state index < -0.39 is 20.5 Å². The molecular weight excluding hydrogens is 344 g/mol. The molecule has 0 bridgehead atoms. The Labute approximate surface area is 160 Å². The lowest BCUT2D eigenvalue weighted by Crippen LogP contribution is -2.45. The van der Waals surface area contributed by atoms with Gasteiger partial charge < -0.3 is 19.0 Å². The van der Waals surface area contributed by atoms with E-state index in [0.717, 1.165) is 5.56 Å². The highest BCUT2D eigenvalue weighted by Crippen LogP contribution is 2.36. The van der Waals surface area contributed by atoms with Crippen molar-refractivity contribution < 1.29 is 19.0 Å². The molecule has 4 nitrogen and oxygen atoms in total. The van der Waals surface area contributed by atoms with Gasteiger partial charge in [-0.1, -0.05) is 62.9 Å². The third-order valence-electron chi connectivity index (χ3n) is 4.80. The summed E-state index contributed by atoms with van der Waals surface area (Å²) in [5.41, 5.74) is 1.07. The quantitative estimate of drug-likeness (QED) is 0.521. The molecule has 0 heterocycles. The predicted octanol–water partition coefficient (Wildman–Crippen LogP) is 3.99. The maximum absolute atomic E-state index is 10.6. The van der Waals surface area contributed by atoms with Crippen LogP contribution in [-0.4, -0.2) is 46.0 Å². The zero-order valence-electron chi connectivity index (χ0n) is 17.0. The number of ether oxygens (including phenoxy) is 2. The maximum atomic E-state index is 10.6. The monoisotopic (exact) mass is 378 g/mol. The minimum Gasteiger partial charge on any atom is -0.414 e. The van der Waals surface area contributed by atoms with Gasteiger partial charge in [0.2, 0.25) is 0 Å². The van der Waals surface area contributed by atoms with Crippen LogP contribution in [0.2, 0.25) is 18.1 Å². The van der Waals surface area contributed by atoms with Gasteiger partial charge in [0.15, 0.2) is 8.32 Å². The molecular formula is C21H34O4Si. The Bertz CT molecular complexity index is 569. The standard InChI is InChI=1S/C21H34O4Si/c1-21(2,3)26(5,6)25-17-20(19(22)14-10-11-15-23-4)24-16-18-12-8-7-9-13-18/h7-9,12-13,19-20,22H,14-17H2,1-6H3.